The summed E-state index contributed by atoms with van der Waals surface area (Å²) in [4.78, 5) is 12.3. The molecule has 1 N–H and O–H groups in total. The Hall–Kier alpha value is -1.49. The van der Waals surface area contributed by atoms with Crippen molar-refractivity contribution in [2.24, 2.45) is 0 Å². The molecule has 0 aliphatic carbocycles. The largest absolute Gasteiger partial charge is 0.325 e. The molecule has 23 heavy (non-hydrogen) atoms. The van der Waals surface area contributed by atoms with Gasteiger partial charge in [-0.1, -0.05) is 29.2 Å². The molecule has 0 bridgehead atoms. The third-order valence-electron chi connectivity index (χ3n) is 2.87. The lowest BCUT2D eigenvalue weighted by atomic mass is 10.3. The van der Waals surface area contributed by atoms with Crippen molar-refractivity contribution in [3.8, 4) is 0 Å². The highest BCUT2D eigenvalue weighted by molar-refractivity contribution is 8.02. The van der Waals surface area contributed by atoms with E-state index in [-0.39, 0.29) is 16.1 Å². The molecule has 2 aromatic rings. The fourth-order valence-electron chi connectivity index (χ4n) is 1.61. The summed E-state index contributed by atoms with van der Waals surface area (Å²) in [6.07, 6.45) is 0. The van der Waals surface area contributed by atoms with Crippen LogP contribution in [0.5, 0.6) is 0 Å². The summed E-state index contributed by atoms with van der Waals surface area (Å²) in [5.41, 5.74) is 2.03. The van der Waals surface area contributed by atoms with Crippen LogP contribution in [-0.2, 0) is 14.8 Å². The van der Waals surface area contributed by atoms with Crippen LogP contribution in [0, 0.1) is 0 Å². The number of sulfonamides is 1. The van der Waals surface area contributed by atoms with E-state index in [1.807, 2.05) is 0 Å². The number of benzene rings is 1. The fourth-order valence-corrected chi connectivity index (χ4v) is 4.18. The Morgan fingerprint density at radius 3 is 2.74 bits per heavy atom. The first-order chi connectivity index (χ1) is 10.8. The van der Waals surface area contributed by atoms with Crippen LogP contribution in [-0.4, -0.2) is 48.2 Å². The first kappa shape index (κ1) is 17.9. The third kappa shape index (κ3) is 4.50. The summed E-state index contributed by atoms with van der Waals surface area (Å²) in [5, 5.41) is 9.94. The van der Waals surface area contributed by atoms with E-state index in [2.05, 4.69) is 15.5 Å². The maximum Gasteiger partial charge on any atom is 0.242 e. The van der Waals surface area contributed by atoms with E-state index >= 15 is 0 Å². The lowest BCUT2D eigenvalue weighted by Gasteiger charge is -2.14. The standard InChI is InChI=1S/C13H16N4O3S3/c1-9(22-13-16-14-8-21-13)12(18)15-10-5-4-6-11(7-10)23(19,20)17(2)3/h4-9H,1-3H3,(H,15,18)/t9-/m0/s1. The SMILES string of the molecule is C[C@H](Sc1nncs1)C(=O)Nc1cccc(S(=O)(=O)N(C)C)c1. The Morgan fingerprint density at radius 2 is 2.13 bits per heavy atom. The summed E-state index contributed by atoms with van der Waals surface area (Å²) < 4.78 is 26.1. The number of rotatable bonds is 6. The average Bonchev–Trinajstić information content (AvgIpc) is 3.00. The lowest BCUT2D eigenvalue weighted by Crippen LogP contribution is -2.24. The molecular formula is C13H16N4O3S3. The van der Waals surface area contributed by atoms with Crippen molar-refractivity contribution in [1.29, 1.82) is 0 Å². The second kappa shape index (κ2) is 7.39. The minimum Gasteiger partial charge on any atom is -0.325 e. The number of carbonyl (C=O) groups is 1. The topological polar surface area (TPSA) is 92.3 Å². The molecule has 0 unspecified atom stereocenters. The van der Waals surface area contributed by atoms with Gasteiger partial charge in [-0.3, -0.25) is 4.79 Å². The van der Waals surface area contributed by atoms with Gasteiger partial charge < -0.3 is 5.32 Å². The van der Waals surface area contributed by atoms with Crippen molar-refractivity contribution in [3.05, 3.63) is 29.8 Å². The Kier molecular flexibility index (Phi) is 5.74. The minimum absolute atomic E-state index is 0.129. The van der Waals surface area contributed by atoms with Crippen LogP contribution in [0.2, 0.25) is 0 Å². The van der Waals surface area contributed by atoms with E-state index in [1.165, 1.54) is 49.3 Å². The van der Waals surface area contributed by atoms with Gasteiger partial charge in [0, 0.05) is 19.8 Å². The number of nitrogens with one attached hydrogen (secondary N) is 1. The molecule has 124 valence electrons. The Labute approximate surface area is 143 Å². The Bertz CT molecular complexity index is 776. The van der Waals surface area contributed by atoms with Gasteiger partial charge in [0.2, 0.25) is 15.9 Å². The zero-order valence-corrected chi connectivity index (χ0v) is 15.2. The quantitative estimate of drug-likeness (QED) is 0.779. The van der Waals surface area contributed by atoms with Gasteiger partial charge in [0.1, 0.15) is 5.51 Å². The van der Waals surface area contributed by atoms with Gasteiger partial charge in [-0.15, -0.1) is 10.2 Å². The van der Waals surface area contributed by atoms with E-state index in [0.29, 0.717) is 10.0 Å². The van der Waals surface area contributed by atoms with E-state index in [1.54, 1.807) is 24.6 Å². The van der Waals surface area contributed by atoms with Crippen LogP contribution in [0.1, 0.15) is 6.92 Å². The summed E-state index contributed by atoms with van der Waals surface area (Å²) in [7, 11) is -0.617. The number of hydrogen-bond donors (Lipinski definition) is 1. The Morgan fingerprint density at radius 1 is 1.39 bits per heavy atom. The molecule has 2 rings (SSSR count). The zero-order chi connectivity index (χ0) is 17.0. The van der Waals surface area contributed by atoms with Gasteiger partial charge in [0.15, 0.2) is 4.34 Å². The van der Waals surface area contributed by atoms with E-state index in [9.17, 15) is 13.2 Å². The average molecular weight is 372 g/mol. The molecule has 1 atom stereocenters. The van der Waals surface area contributed by atoms with Gasteiger partial charge in [-0.05, 0) is 25.1 Å². The zero-order valence-electron chi connectivity index (χ0n) is 12.8. The van der Waals surface area contributed by atoms with Crippen molar-refractivity contribution < 1.29 is 13.2 Å². The van der Waals surface area contributed by atoms with Crippen LogP contribution in [0.15, 0.2) is 39.0 Å². The molecule has 1 amide bonds. The first-order valence-electron chi connectivity index (χ1n) is 6.57. The molecular weight excluding hydrogens is 356 g/mol. The second-order valence-electron chi connectivity index (χ2n) is 4.77. The van der Waals surface area contributed by atoms with Crippen LogP contribution in [0.4, 0.5) is 5.69 Å². The molecule has 0 spiro atoms. The van der Waals surface area contributed by atoms with Crippen LogP contribution < -0.4 is 5.32 Å². The number of nitrogens with zero attached hydrogens (tertiary/aromatic N) is 3. The third-order valence-corrected chi connectivity index (χ3v) is 6.59. The molecule has 0 fully saturated rings. The van der Waals surface area contributed by atoms with Gasteiger partial charge >= 0.3 is 0 Å². The maximum absolute atomic E-state index is 12.2. The number of carbonyl (C=O) groups excluding carboxylic acids is 1. The van der Waals surface area contributed by atoms with Gasteiger partial charge in [-0.25, -0.2) is 12.7 Å². The summed E-state index contributed by atoms with van der Waals surface area (Å²) >= 11 is 2.66. The van der Waals surface area contributed by atoms with Gasteiger partial charge in [-0.2, -0.15) is 0 Å². The molecule has 0 aliphatic rings. The highest BCUT2D eigenvalue weighted by atomic mass is 32.2. The number of hydrogen-bond acceptors (Lipinski definition) is 7. The predicted octanol–water partition coefficient (Wildman–Crippen LogP) is 1.91. The molecule has 1 aromatic heterocycles. The summed E-state index contributed by atoms with van der Waals surface area (Å²) in [5.74, 6) is -0.232. The summed E-state index contributed by atoms with van der Waals surface area (Å²) in [6, 6.07) is 6.17. The van der Waals surface area contributed by atoms with Crippen molar-refractivity contribution in [2.45, 2.75) is 21.4 Å². The smallest absolute Gasteiger partial charge is 0.242 e. The van der Waals surface area contributed by atoms with E-state index in [4.69, 9.17) is 0 Å². The maximum atomic E-state index is 12.2. The Balaban J connectivity index is 2.09. The number of amides is 1. The van der Waals surface area contributed by atoms with Crippen molar-refractivity contribution in [3.63, 3.8) is 0 Å². The minimum atomic E-state index is -3.54. The number of anilines is 1. The molecule has 0 saturated carbocycles. The molecule has 0 saturated heterocycles. The normalized spacial score (nSPS) is 13.0. The monoisotopic (exact) mass is 372 g/mol. The fraction of sp³-hybridized carbons (Fsp3) is 0.308. The second-order valence-corrected chi connectivity index (χ2v) is 9.34. The molecule has 1 heterocycles. The number of aromatic nitrogens is 2. The van der Waals surface area contributed by atoms with Crippen molar-refractivity contribution in [1.82, 2.24) is 14.5 Å². The molecule has 1 aromatic carbocycles. The molecule has 10 heteroatoms. The van der Waals surface area contributed by atoms with E-state index < -0.39 is 10.0 Å². The van der Waals surface area contributed by atoms with Gasteiger partial charge in [0.25, 0.3) is 0 Å². The van der Waals surface area contributed by atoms with Crippen LogP contribution in [0.3, 0.4) is 0 Å². The highest BCUT2D eigenvalue weighted by Crippen LogP contribution is 2.25. The number of thioether (sulfide) groups is 1. The molecule has 0 aliphatic heterocycles. The van der Waals surface area contributed by atoms with Crippen LogP contribution in [0.25, 0.3) is 0 Å². The predicted molar refractivity (Wildman–Crippen MR) is 91.2 cm³/mol. The lowest BCUT2D eigenvalue weighted by molar-refractivity contribution is -0.115. The molecule has 7 nitrogen and oxygen atoms in total. The van der Waals surface area contributed by atoms with Crippen LogP contribution >= 0.6 is 23.1 Å². The summed E-state index contributed by atoms with van der Waals surface area (Å²) in [6.45, 7) is 1.75. The van der Waals surface area contributed by atoms with Gasteiger partial charge in [0.05, 0.1) is 10.1 Å². The highest BCUT2D eigenvalue weighted by Gasteiger charge is 2.19. The van der Waals surface area contributed by atoms with Crippen molar-refractivity contribution >= 4 is 44.7 Å². The van der Waals surface area contributed by atoms with E-state index in [0.717, 1.165) is 4.31 Å². The molecule has 0 radical (unpaired) electrons. The first-order valence-corrected chi connectivity index (χ1v) is 9.77. The van der Waals surface area contributed by atoms with Crippen molar-refractivity contribution in [2.75, 3.05) is 19.4 Å².